The summed E-state index contributed by atoms with van der Waals surface area (Å²) in [5.41, 5.74) is 0. The molecule has 2 unspecified atom stereocenters. The fourth-order valence-corrected chi connectivity index (χ4v) is 1.87. The van der Waals surface area contributed by atoms with Crippen molar-refractivity contribution in [2.24, 2.45) is 5.92 Å². The maximum Gasteiger partial charge on any atom is 0.317 e. The number of hydrogen-bond donors (Lipinski definition) is 2. The molecule has 0 rings (SSSR count). The minimum absolute atomic E-state index is 0.0527. The van der Waals surface area contributed by atoms with E-state index in [9.17, 15) is 9.59 Å². The van der Waals surface area contributed by atoms with E-state index in [1.807, 2.05) is 6.92 Å². The smallest absolute Gasteiger partial charge is 0.317 e. The molecular formula is C14H28N2O5. The molecule has 0 saturated heterocycles. The van der Waals surface area contributed by atoms with Gasteiger partial charge in [0.15, 0.2) is 0 Å². The highest BCUT2D eigenvalue weighted by atomic mass is 16.5. The molecule has 2 amide bonds. The Morgan fingerprint density at radius 2 is 1.90 bits per heavy atom. The molecule has 0 aromatic carbocycles. The number of carboxylic acid groups (broad SMARTS) is 1. The molecule has 124 valence electrons. The first-order chi connectivity index (χ1) is 9.93. The first kappa shape index (κ1) is 19.7. The van der Waals surface area contributed by atoms with Crippen LogP contribution < -0.4 is 5.32 Å². The van der Waals surface area contributed by atoms with Gasteiger partial charge >= 0.3 is 12.0 Å². The second-order valence-electron chi connectivity index (χ2n) is 5.10. The third kappa shape index (κ3) is 8.52. The van der Waals surface area contributed by atoms with Crippen molar-refractivity contribution >= 4 is 12.0 Å². The molecule has 0 aliphatic carbocycles. The van der Waals surface area contributed by atoms with Crippen LogP contribution in [0.4, 0.5) is 4.79 Å². The summed E-state index contributed by atoms with van der Waals surface area (Å²) in [6.07, 6.45) is 1.18. The summed E-state index contributed by atoms with van der Waals surface area (Å²) in [4.78, 5) is 24.5. The molecule has 0 heterocycles. The average molecular weight is 304 g/mol. The lowest BCUT2D eigenvalue weighted by atomic mass is 10.1. The molecule has 7 heteroatoms. The Morgan fingerprint density at radius 3 is 2.43 bits per heavy atom. The van der Waals surface area contributed by atoms with Gasteiger partial charge in [0.05, 0.1) is 25.2 Å². The minimum atomic E-state index is -0.809. The van der Waals surface area contributed by atoms with E-state index in [4.69, 9.17) is 14.6 Å². The number of carbonyl (C=O) groups excluding carboxylic acids is 1. The Labute approximate surface area is 126 Å². The van der Waals surface area contributed by atoms with Crippen LogP contribution in [0.1, 0.15) is 26.7 Å². The number of rotatable bonds is 11. The number of carboxylic acids is 1. The summed E-state index contributed by atoms with van der Waals surface area (Å²) in [6, 6.07) is -0.234. The van der Waals surface area contributed by atoms with E-state index in [1.54, 1.807) is 26.0 Å². The van der Waals surface area contributed by atoms with Gasteiger partial charge in [0, 0.05) is 27.3 Å². The van der Waals surface area contributed by atoms with Gasteiger partial charge in [0.2, 0.25) is 0 Å². The maximum atomic E-state index is 12.1. The zero-order valence-corrected chi connectivity index (χ0v) is 13.4. The first-order valence-corrected chi connectivity index (χ1v) is 7.19. The van der Waals surface area contributed by atoms with E-state index < -0.39 is 5.97 Å². The molecule has 2 atom stereocenters. The zero-order valence-electron chi connectivity index (χ0n) is 13.4. The lowest BCUT2D eigenvalue weighted by Gasteiger charge is -2.28. The zero-order chi connectivity index (χ0) is 16.3. The predicted molar refractivity (Wildman–Crippen MR) is 79.4 cm³/mol. The fraction of sp³-hybridized carbons (Fsp3) is 0.857. The number of aliphatic carboxylic acids is 1. The summed E-state index contributed by atoms with van der Waals surface area (Å²) < 4.78 is 10.1. The van der Waals surface area contributed by atoms with Crippen LogP contribution in [0.5, 0.6) is 0 Å². The summed E-state index contributed by atoms with van der Waals surface area (Å²) in [7, 11) is 3.18. The van der Waals surface area contributed by atoms with Crippen LogP contribution in [0, 0.1) is 5.92 Å². The topological polar surface area (TPSA) is 88.1 Å². The summed E-state index contributed by atoms with van der Waals surface area (Å²) in [5.74, 6) is -1.20. The van der Waals surface area contributed by atoms with Gasteiger partial charge in [0.25, 0.3) is 0 Å². The van der Waals surface area contributed by atoms with Gasteiger partial charge in [-0.05, 0) is 19.8 Å². The van der Waals surface area contributed by atoms with Crippen LogP contribution in [0.3, 0.4) is 0 Å². The summed E-state index contributed by atoms with van der Waals surface area (Å²) >= 11 is 0. The van der Waals surface area contributed by atoms with E-state index in [2.05, 4.69) is 5.32 Å². The van der Waals surface area contributed by atoms with Gasteiger partial charge in [-0.3, -0.25) is 4.79 Å². The highest BCUT2D eigenvalue weighted by Crippen LogP contribution is 2.05. The molecule has 0 aliphatic rings. The number of nitrogens with one attached hydrogen (secondary N) is 1. The largest absolute Gasteiger partial charge is 0.481 e. The molecule has 0 aromatic heterocycles. The molecule has 2 N–H and O–H groups in total. The van der Waals surface area contributed by atoms with E-state index >= 15 is 0 Å². The molecule has 0 aromatic rings. The third-order valence-corrected chi connectivity index (χ3v) is 3.25. The maximum absolute atomic E-state index is 12.1. The van der Waals surface area contributed by atoms with Crippen molar-refractivity contribution in [3.8, 4) is 0 Å². The molecule has 0 radical (unpaired) electrons. The van der Waals surface area contributed by atoms with Crippen LogP contribution in [0.25, 0.3) is 0 Å². The highest BCUT2D eigenvalue weighted by molar-refractivity contribution is 5.74. The molecule has 0 saturated carbocycles. The minimum Gasteiger partial charge on any atom is -0.481 e. The van der Waals surface area contributed by atoms with Gasteiger partial charge in [0.1, 0.15) is 0 Å². The Hall–Kier alpha value is -1.34. The fourth-order valence-electron chi connectivity index (χ4n) is 1.87. The standard InChI is InChI=1S/C14H28N2O5/c1-11(13(17)18)6-5-7-15-14(19)16(8-9-20-3)12(2)10-21-4/h11-12H,5-10H2,1-4H3,(H,15,19)(H,17,18). The highest BCUT2D eigenvalue weighted by Gasteiger charge is 2.19. The summed E-state index contributed by atoms with van der Waals surface area (Å²) in [5, 5.41) is 11.6. The lowest BCUT2D eigenvalue weighted by molar-refractivity contribution is -0.141. The van der Waals surface area contributed by atoms with Crippen LogP contribution in [-0.2, 0) is 14.3 Å². The van der Waals surface area contributed by atoms with Crippen molar-refractivity contribution < 1.29 is 24.2 Å². The number of carbonyl (C=O) groups is 2. The molecule has 0 spiro atoms. The van der Waals surface area contributed by atoms with Gasteiger partial charge in [-0.25, -0.2) is 4.79 Å². The number of methoxy groups -OCH3 is 2. The van der Waals surface area contributed by atoms with Crippen molar-refractivity contribution in [1.82, 2.24) is 10.2 Å². The van der Waals surface area contributed by atoms with E-state index in [0.717, 1.165) is 0 Å². The van der Waals surface area contributed by atoms with Crippen LogP contribution in [-0.4, -0.2) is 68.6 Å². The van der Waals surface area contributed by atoms with E-state index in [1.165, 1.54) is 0 Å². The molecule has 0 fully saturated rings. The molecule has 7 nitrogen and oxygen atoms in total. The normalized spacial score (nSPS) is 13.5. The second kappa shape index (κ2) is 11.3. The van der Waals surface area contributed by atoms with E-state index in [0.29, 0.717) is 39.1 Å². The van der Waals surface area contributed by atoms with Crippen molar-refractivity contribution in [2.75, 3.05) is 40.5 Å². The van der Waals surface area contributed by atoms with Crippen LogP contribution >= 0.6 is 0 Å². The Balaban J connectivity index is 4.18. The number of ether oxygens (including phenoxy) is 2. The number of amides is 2. The Morgan fingerprint density at radius 1 is 1.24 bits per heavy atom. The SMILES string of the molecule is COCCN(C(=O)NCCCC(C)C(=O)O)C(C)COC. The van der Waals surface area contributed by atoms with Gasteiger partial charge in [-0.1, -0.05) is 6.92 Å². The van der Waals surface area contributed by atoms with Crippen molar-refractivity contribution in [2.45, 2.75) is 32.7 Å². The molecule has 21 heavy (non-hydrogen) atoms. The molecular weight excluding hydrogens is 276 g/mol. The third-order valence-electron chi connectivity index (χ3n) is 3.25. The predicted octanol–water partition coefficient (Wildman–Crippen LogP) is 1.18. The first-order valence-electron chi connectivity index (χ1n) is 7.19. The van der Waals surface area contributed by atoms with Gasteiger partial charge < -0.3 is 24.8 Å². The molecule has 0 bridgehead atoms. The quantitative estimate of drug-likeness (QED) is 0.560. The van der Waals surface area contributed by atoms with Gasteiger partial charge in [-0.2, -0.15) is 0 Å². The lowest BCUT2D eigenvalue weighted by Crippen LogP contribution is -2.48. The van der Waals surface area contributed by atoms with Crippen molar-refractivity contribution in [3.63, 3.8) is 0 Å². The average Bonchev–Trinajstić information content (AvgIpc) is 2.43. The van der Waals surface area contributed by atoms with E-state index in [-0.39, 0.29) is 18.0 Å². The molecule has 0 aliphatic heterocycles. The van der Waals surface area contributed by atoms with Gasteiger partial charge in [-0.15, -0.1) is 0 Å². The number of nitrogens with zero attached hydrogens (tertiary/aromatic N) is 1. The van der Waals surface area contributed by atoms with Crippen LogP contribution in [0.2, 0.25) is 0 Å². The Kier molecular flexibility index (Phi) is 10.6. The monoisotopic (exact) mass is 304 g/mol. The summed E-state index contributed by atoms with van der Waals surface area (Å²) in [6.45, 7) is 5.42. The Bertz CT molecular complexity index is 312. The van der Waals surface area contributed by atoms with Crippen LogP contribution in [0.15, 0.2) is 0 Å². The number of hydrogen-bond acceptors (Lipinski definition) is 4. The number of urea groups is 1. The van der Waals surface area contributed by atoms with Crippen molar-refractivity contribution in [1.29, 1.82) is 0 Å². The second-order valence-corrected chi connectivity index (χ2v) is 5.10. The van der Waals surface area contributed by atoms with Crippen molar-refractivity contribution in [3.05, 3.63) is 0 Å².